The Hall–Kier alpha value is -2.33. The van der Waals surface area contributed by atoms with Gasteiger partial charge in [0.25, 0.3) is 0 Å². The van der Waals surface area contributed by atoms with Gasteiger partial charge in [0.1, 0.15) is 6.61 Å². The molecule has 0 bridgehead atoms. The van der Waals surface area contributed by atoms with Crippen molar-refractivity contribution in [2.45, 2.75) is 0 Å². The van der Waals surface area contributed by atoms with Gasteiger partial charge in [0, 0.05) is 11.4 Å². The molecule has 0 fully saturated rings. The maximum atomic E-state index is 11.6. The number of esters is 1. The Morgan fingerprint density at radius 2 is 1.79 bits per heavy atom. The van der Waals surface area contributed by atoms with Crippen LogP contribution in [0.1, 0.15) is 10.4 Å². The number of anilines is 2. The van der Waals surface area contributed by atoms with Crippen LogP contribution in [-0.2, 0) is 4.74 Å². The molecule has 19 heavy (non-hydrogen) atoms. The number of para-hydroxylation sites is 1. The molecule has 4 nitrogen and oxygen atoms in total. The molecular formula is C15H15NO3. The lowest BCUT2D eigenvalue weighted by Gasteiger charge is -2.08. The van der Waals surface area contributed by atoms with E-state index < -0.39 is 5.97 Å². The lowest BCUT2D eigenvalue weighted by molar-refractivity contribution is 0.0434. The van der Waals surface area contributed by atoms with E-state index in [1.807, 2.05) is 36.4 Å². The van der Waals surface area contributed by atoms with Gasteiger partial charge in [-0.1, -0.05) is 24.3 Å². The number of hydrogen-bond donors (Lipinski definition) is 2. The molecule has 0 saturated carbocycles. The number of hydrogen-bond acceptors (Lipinski definition) is 4. The Morgan fingerprint density at radius 1 is 1.05 bits per heavy atom. The number of carbonyl (C=O) groups is 1. The van der Waals surface area contributed by atoms with Gasteiger partial charge in [-0.3, -0.25) is 0 Å². The highest BCUT2D eigenvalue weighted by Crippen LogP contribution is 2.17. The van der Waals surface area contributed by atoms with Crippen LogP contribution in [0.5, 0.6) is 0 Å². The van der Waals surface area contributed by atoms with E-state index in [4.69, 9.17) is 9.84 Å². The van der Waals surface area contributed by atoms with Gasteiger partial charge in [-0.05, 0) is 30.3 Å². The predicted molar refractivity (Wildman–Crippen MR) is 73.5 cm³/mol. The van der Waals surface area contributed by atoms with Crippen LogP contribution in [0.4, 0.5) is 11.4 Å². The number of nitrogens with one attached hydrogen (secondary N) is 1. The Balaban J connectivity index is 2.09. The van der Waals surface area contributed by atoms with Crippen molar-refractivity contribution in [2.75, 3.05) is 18.5 Å². The summed E-state index contributed by atoms with van der Waals surface area (Å²) in [6.07, 6.45) is 0. The van der Waals surface area contributed by atoms with E-state index in [0.717, 1.165) is 11.4 Å². The third-order valence-corrected chi connectivity index (χ3v) is 2.49. The first-order valence-electron chi connectivity index (χ1n) is 6.00. The molecule has 0 saturated heterocycles. The van der Waals surface area contributed by atoms with Gasteiger partial charge in [0.2, 0.25) is 0 Å². The molecule has 2 rings (SSSR count). The van der Waals surface area contributed by atoms with Crippen LogP contribution in [0.25, 0.3) is 0 Å². The second kappa shape index (κ2) is 6.56. The zero-order valence-corrected chi connectivity index (χ0v) is 10.4. The first kappa shape index (κ1) is 13.1. The van der Waals surface area contributed by atoms with E-state index >= 15 is 0 Å². The fourth-order valence-electron chi connectivity index (χ4n) is 1.63. The first-order chi connectivity index (χ1) is 9.29. The van der Waals surface area contributed by atoms with Crippen LogP contribution in [0.15, 0.2) is 54.6 Å². The molecule has 0 atom stereocenters. The average Bonchev–Trinajstić information content (AvgIpc) is 2.46. The third kappa shape index (κ3) is 3.82. The lowest BCUT2D eigenvalue weighted by Crippen LogP contribution is -2.08. The molecule has 0 aliphatic carbocycles. The van der Waals surface area contributed by atoms with Crippen molar-refractivity contribution in [3.05, 3.63) is 60.2 Å². The minimum atomic E-state index is -0.439. The summed E-state index contributed by atoms with van der Waals surface area (Å²) in [6.45, 7) is -0.164. The van der Waals surface area contributed by atoms with E-state index in [2.05, 4.69) is 5.32 Å². The molecule has 2 aromatic rings. The molecule has 4 heteroatoms. The summed E-state index contributed by atoms with van der Waals surface area (Å²) in [5.74, 6) is -0.439. The molecule has 0 radical (unpaired) electrons. The standard InChI is InChI=1S/C15H15NO3/c17-9-10-19-15(18)12-5-4-8-14(11-12)16-13-6-2-1-3-7-13/h1-8,11,16-17H,9-10H2. The van der Waals surface area contributed by atoms with Gasteiger partial charge in [0.05, 0.1) is 12.2 Å². The molecule has 98 valence electrons. The Labute approximate surface area is 111 Å². The maximum Gasteiger partial charge on any atom is 0.338 e. The summed E-state index contributed by atoms with van der Waals surface area (Å²) in [7, 11) is 0. The summed E-state index contributed by atoms with van der Waals surface area (Å²) in [6, 6.07) is 16.7. The van der Waals surface area contributed by atoms with Crippen LogP contribution in [0, 0.1) is 0 Å². The highest BCUT2D eigenvalue weighted by atomic mass is 16.5. The predicted octanol–water partition coefficient (Wildman–Crippen LogP) is 2.58. The van der Waals surface area contributed by atoms with Crippen molar-refractivity contribution in [3.63, 3.8) is 0 Å². The van der Waals surface area contributed by atoms with E-state index in [1.165, 1.54) is 0 Å². The van der Waals surface area contributed by atoms with Crippen LogP contribution in [0.2, 0.25) is 0 Å². The van der Waals surface area contributed by atoms with Crippen molar-refractivity contribution >= 4 is 17.3 Å². The van der Waals surface area contributed by atoms with E-state index in [1.54, 1.807) is 18.2 Å². The van der Waals surface area contributed by atoms with Gasteiger partial charge in [-0.2, -0.15) is 0 Å². The summed E-state index contributed by atoms with van der Waals surface area (Å²) < 4.78 is 4.87. The van der Waals surface area contributed by atoms with Crippen molar-refractivity contribution in [2.24, 2.45) is 0 Å². The molecule has 0 spiro atoms. The van der Waals surface area contributed by atoms with Gasteiger partial charge in [-0.25, -0.2) is 4.79 Å². The Bertz CT molecular complexity index is 540. The smallest absolute Gasteiger partial charge is 0.338 e. The molecule has 0 unspecified atom stereocenters. The van der Waals surface area contributed by atoms with Crippen LogP contribution in [-0.4, -0.2) is 24.3 Å². The third-order valence-electron chi connectivity index (χ3n) is 2.49. The highest BCUT2D eigenvalue weighted by molar-refractivity contribution is 5.90. The number of aliphatic hydroxyl groups is 1. The monoisotopic (exact) mass is 257 g/mol. The average molecular weight is 257 g/mol. The number of carbonyl (C=O) groups excluding carboxylic acids is 1. The van der Waals surface area contributed by atoms with Crippen LogP contribution < -0.4 is 5.32 Å². The number of aliphatic hydroxyl groups excluding tert-OH is 1. The highest BCUT2D eigenvalue weighted by Gasteiger charge is 2.07. The zero-order valence-electron chi connectivity index (χ0n) is 10.4. The quantitative estimate of drug-likeness (QED) is 0.808. The summed E-state index contributed by atoms with van der Waals surface area (Å²) in [5, 5.41) is 11.8. The van der Waals surface area contributed by atoms with Crippen molar-refractivity contribution in [3.8, 4) is 0 Å². The van der Waals surface area contributed by atoms with Crippen LogP contribution >= 0.6 is 0 Å². The fraction of sp³-hybridized carbons (Fsp3) is 0.133. The maximum absolute atomic E-state index is 11.6. The second-order valence-electron chi connectivity index (χ2n) is 3.93. The van der Waals surface area contributed by atoms with Crippen molar-refractivity contribution < 1.29 is 14.6 Å². The second-order valence-corrected chi connectivity index (χ2v) is 3.93. The van der Waals surface area contributed by atoms with Crippen molar-refractivity contribution in [1.29, 1.82) is 0 Å². The minimum Gasteiger partial charge on any atom is -0.460 e. The molecule has 0 amide bonds. The molecule has 0 aromatic heterocycles. The van der Waals surface area contributed by atoms with Crippen LogP contribution in [0.3, 0.4) is 0 Å². The number of rotatable bonds is 5. The van der Waals surface area contributed by atoms with Gasteiger partial charge >= 0.3 is 5.97 Å². The normalized spacial score (nSPS) is 9.95. The van der Waals surface area contributed by atoms with Gasteiger partial charge in [0.15, 0.2) is 0 Å². The zero-order chi connectivity index (χ0) is 13.5. The van der Waals surface area contributed by atoms with Gasteiger partial charge in [-0.15, -0.1) is 0 Å². The molecule has 2 aromatic carbocycles. The molecule has 0 aliphatic heterocycles. The topological polar surface area (TPSA) is 58.6 Å². The molecular weight excluding hydrogens is 242 g/mol. The van der Waals surface area contributed by atoms with E-state index in [9.17, 15) is 4.79 Å². The lowest BCUT2D eigenvalue weighted by atomic mass is 10.2. The first-order valence-corrected chi connectivity index (χ1v) is 6.00. The Morgan fingerprint density at radius 3 is 2.53 bits per heavy atom. The number of ether oxygens (including phenoxy) is 1. The summed E-state index contributed by atoms with van der Waals surface area (Å²) in [4.78, 5) is 11.6. The minimum absolute atomic E-state index is 0.00910. The van der Waals surface area contributed by atoms with E-state index in [-0.39, 0.29) is 13.2 Å². The summed E-state index contributed by atoms with van der Waals surface area (Å²) >= 11 is 0. The molecule has 0 heterocycles. The molecule has 0 aliphatic rings. The SMILES string of the molecule is O=C(OCCO)c1cccc(Nc2ccccc2)c1. The Kier molecular flexibility index (Phi) is 4.53. The van der Waals surface area contributed by atoms with Gasteiger partial charge < -0.3 is 15.2 Å². The molecule has 2 N–H and O–H groups in total. The van der Waals surface area contributed by atoms with Crippen molar-refractivity contribution in [1.82, 2.24) is 0 Å². The summed E-state index contributed by atoms with van der Waals surface area (Å²) in [5.41, 5.74) is 2.21. The van der Waals surface area contributed by atoms with E-state index in [0.29, 0.717) is 5.56 Å². The largest absolute Gasteiger partial charge is 0.460 e. The fourth-order valence-corrected chi connectivity index (χ4v) is 1.63. The number of benzene rings is 2.